The summed E-state index contributed by atoms with van der Waals surface area (Å²) >= 11 is 6.22. The lowest BCUT2D eigenvalue weighted by molar-refractivity contribution is 0.0201. The fraction of sp³-hybridized carbons (Fsp3) is 0.593. The van der Waals surface area contributed by atoms with Crippen molar-refractivity contribution in [3.63, 3.8) is 0 Å². The van der Waals surface area contributed by atoms with Crippen LogP contribution in [0.15, 0.2) is 30.5 Å². The van der Waals surface area contributed by atoms with Crippen molar-refractivity contribution in [2.24, 2.45) is 0 Å². The summed E-state index contributed by atoms with van der Waals surface area (Å²) in [6, 6.07) is 7.07. The standard InChI is InChI=1S/C27H40ClN3O5Si/c1-26(2,3)35-25(33)31-16-20(36-37(8,9)27(4,5)6)14-22(31)23-29-21(24(32)34-7)17-30(23)15-18-11-10-12-19(28)13-18/h10-13,17,20,22H,14-16H2,1-9H3/t20-,22+/m1/s1. The van der Waals surface area contributed by atoms with Crippen LogP contribution < -0.4 is 0 Å². The Morgan fingerprint density at radius 2 is 1.84 bits per heavy atom. The van der Waals surface area contributed by atoms with E-state index in [9.17, 15) is 9.59 Å². The highest BCUT2D eigenvalue weighted by molar-refractivity contribution is 6.74. The van der Waals surface area contributed by atoms with Gasteiger partial charge in [0, 0.05) is 30.7 Å². The molecule has 0 saturated carbocycles. The summed E-state index contributed by atoms with van der Waals surface area (Å²) in [4.78, 5) is 32.1. The summed E-state index contributed by atoms with van der Waals surface area (Å²) < 4.78 is 19.3. The molecule has 2 atom stereocenters. The van der Waals surface area contributed by atoms with Crippen LogP contribution in [0.1, 0.15) is 75.9 Å². The quantitative estimate of drug-likeness (QED) is 0.304. The van der Waals surface area contributed by atoms with Gasteiger partial charge < -0.3 is 18.5 Å². The van der Waals surface area contributed by atoms with Crippen LogP contribution in [0.25, 0.3) is 0 Å². The van der Waals surface area contributed by atoms with Crippen LogP contribution in [-0.4, -0.2) is 60.2 Å². The van der Waals surface area contributed by atoms with Gasteiger partial charge in [0.05, 0.1) is 19.3 Å². The zero-order chi connectivity index (χ0) is 27.8. The van der Waals surface area contributed by atoms with Crippen molar-refractivity contribution < 1.29 is 23.5 Å². The third kappa shape index (κ3) is 7.15. The molecule has 1 aliphatic heterocycles. The number of aromatic nitrogens is 2. The average Bonchev–Trinajstić information content (AvgIpc) is 3.35. The van der Waals surface area contributed by atoms with E-state index in [0.717, 1.165) is 5.56 Å². The Bertz CT molecular complexity index is 1140. The lowest BCUT2D eigenvalue weighted by atomic mass is 10.1. The molecule has 0 bridgehead atoms. The number of halogens is 1. The molecule has 1 aromatic carbocycles. The summed E-state index contributed by atoms with van der Waals surface area (Å²) in [7, 11) is -0.783. The second-order valence-electron chi connectivity index (χ2n) is 12.1. The van der Waals surface area contributed by atoms with Crippen LogP contribution in [0.3, 0.4) is 0 Å². The largest absolute Gasteiger partial charge is 0.464 e. The van der Waals surface area contributed by atoms with E-state index in [1.54, 1.807) is 11.1 Å². The number of hydrogen-bond donors (Lipinski definition) is 0. The molecule has 1 saturated heterocycles. The van der Waals surface area contributed by atoms with Crippen molar-refractivity contribution >= 4 is 32.0 Å². The lowest BCUT2D eigenvalue weighted by Crippen LogP contribution is -2.45. The van der Waals surface area contributed by atoms with E-state index >= 15 is 0 Å². The van der Waals surface area contributed by atoms with E-state index in [4.69, 9.17) is 25.5 Å². The van der Waals surface area contributed by atoms with E-state index in [1.807, 2.05) is 49.6 Å². The molecule has 0 aliphatic carbocycles. The maximum Gasteiger partial charge on any atom is 0.411 e. The molecular formula is C27H40ClN3O5Si. The Morgan fingerprint density at radius 3 is 2.41 bits per heavy atom. The molecule has 2 heterocycles. The van der Waals surface area contributed by atoms with Crippen molar-refractivity contribution in [2.75, 3.05) is 13.7 Å². The fourth-order valence-electron chi connectivity index (χ4n) is 4.10. The predicted octanol–water partition coefficient (Wildman–Crippen LogP) is 6.44. The molecule has 3 rings (SSSR count). The molecule has 0 N–H and O–H groups in total. The minimum atomic E-state index is -2.11. The molecule has 1 amide bonds. The average molecular weight is 550 g/mol. The van der Waals surface area contributed by atoms with Gasteiger partial charge in [-0.15, -0.1) is 0 Å². The molecular weight excluding hydrogens is 510 g/mol. The third-order valence-corrected chi connectivity index (χ3v) is 11.7. The van der Waals surface area contributed by atoms with Crippen LogP contribution in [-0.2, 0) is 20.4 Å². The van der Waals surface area contributed by atoms with Crippen LogP contribution in [0.2, 0.25) is 23.2 Å². The van der Waals surface area contributed by atoms with Gasteiger partial charge in [0.2, 0.25) is 0 Å². The SMILES string of the molecule is COC(=O)c1cn(Cc2cccc(Cl)c2)c([C@@H]2C[C@@H](O[Si](C)(C)C(C)(C)C)CN2C(=O)OC(C)(C)C)n1. The van der Waals surface area contributed by atoms with Gasteiger partial charge >= 0.3 is 12.1 Å². The van der Waals surface area contributed by atoms with E-state index in [2.05, 4.69) is 38.8 Å². The summed E-state index contributed by atoms with van der Waals surface area (Å²) in [5.41, 5.74) is 0.462. The van der Waals surface area contributed by atoms with Gasteiger partial charge in [0.15, 0.2) is 14.0 Å². The first-order chi connectivity index (χ1) is 17.0. The Kier molecular flexibility index (Phi) is 8.51. The number of amides is 1. The van der Waals surface area contributed by atoms with E-state index in [0.29, 0.717) is 30.4 Å². The number of carbonyl (C=O) groups excluding carboxylic acids is 2. The van der Waals surface area contributed by atoms with Gasteiger partial charge in [-0.05, 0) is 56.6 Å². The number of likely N-dealkylation sites (tertiary alicyclic amines) is 1. The van der Waals surface area contributed by atoms with Crippen molar-refractivity contribution in [1.29, 1.82) is 0 Å². The zero-order valence-electron chi connectivity index (χ0n) is 23.4. The highest BCUT2D eigenvalue weighted by Gasteiger charge is 2.46. The molecule has 2 aromatic rings. The number of ether oxygens (including phenoxy) is 2. The van der Waals surface area contributed by atoms with Gasteiger partial charge in [-0.25, -0.2) is 14.6 Å². The molecule has 1 fully saturated rings. The second-order valence-corrected chi connectivity index (χ2v) is 17.3. The minimum absolute atomic E-state index is 0.0188. The third-order valence-electron chi connectivity index (χ3n) is 6.90. The summed E-state index contributed by atoms with van der Waals surface area (Å²) in [5, 5.41) is 0.636. The molecule has 0 radical (unpaired) electrons. The van der Waals surface area contributed by atoms with E-state index < -0.39 is 32.0 Å². The van der Waals surface area contributed by atoms with Gasteiger partial charge in [-0.2, -0.15) is 0 Å². The predicted molar refractivity (Wildman–Crippen MR) is 146 cm³/mol. The number of hydrogen-bond acceptors (Lipinski definition) is 6. The van der Waals surface area contributed by atoms with Crippen LogP contribution in [0, 0.1) is 0 Å². The lowest BCUT2D eigenvalue weighted by Gasteiger charge is -2.38. The molecule has 204 valence electrons. The highest BCUT2D eigenvalue weighted by atomic mass is 35.5. The van der Waals surface area contributed by atoms with Gasteiger partial charge in [-0.1, -0.05) is 44.5 Å². The summed E-state index contributed by atoms with van der Waals surface area (Å²) in [5.74, 6) is 0.0366. The van der Waals surface area contributed by atoms with Gasteiger partial charge in [0.25, 0.3) is 0 Å². The molecule has 10 heteroatoms. The van der Waals surface area contributed by atoms with Crippen molar-refractivity contribution in [3.8, 4) is 0 Å². The maximum atomic E-state index is 13.4. The Hall–Kier alpha value is -2.36. The number of nitrogens with zero attached hydrogens (tertiary/aromatic N) is 3. The molecule has 0 spiro atoms. The monoisotopic (exact) mass is 549 g/mol. The topological polar surface area (TPSA) is 82.9 Å². The molecule has 0 unspecified atom stereocenters. The molecule has 8 nitrogen and oxygen atoms in total. The maximum absolute atomic E-state index is 13.4. The van der Waals surface area contributed by atoms with Crippen molar-refractivity contribution in [2.45, 2.75) is 90.4 Å². The first-order valence-electron chi connectivity index (χ1n) is 12.6. The molecule has 1 aromatic heterocycles. The molecule has 37 heavy (non-hydrogen) atoms. The van der Waals surface area contributed by atoms with Gasteiger partial charge in [-0.3, -0.25) is 4.90 Å². The van der Waals surface area contributed by atoms with Crippen molar-refractivity contribution in [3.05, 3.63) is 52.6 Å². The molecule has 1 aliphatic rings. The van der Waals surface area contributed by atoms with Gasteiger partial charge in [0.1, 0.15) is 11.4 Å². The Labute approximate surface area is 226 Å². The number of methoxy groups -OCH3 is 1. The summed E-state index contributed by atoms with van der Waals surface area (Å²) in [6.45, 7) is 17.3. The van der Waals surface area contributed by atoms with Crippen molar-refractivity contribution in [1.82, 2.24) is 14.5 Å². The highest BCUT2D eigenvalue weighted by Crippen LogP contribution is 2.41. The minimum Gasteiger partial charge on any atom is -0.464 e. The van der Waals surface area contributed by atoms with Crippen LogP contribution in [0.5, 0.6) is 0 Å². The normalized spacial score (nSPS) is 18.7. The second kappa shape index (κ2) is 10.8. The van der Waals surface area contributed by atoms with Crippen LogP contribution in [0.4, 0.5) is 4.79 Å². The first kappa shape index (κ1) is 29.2. The van der Waals surface area contributed by atoms with Crippen LogP contribution >= 0.6 is 11.6 Å². The number of rotatable bonds is 6. The number of esters is 1. The Morgan fingerprint density at radius 1 is 1.16 bits per heavy atom. The van der Waals surface area contributed by atoms with E-state index in [-0.39, 0.29) is 16.8 Å². The first-order valence-corrected chi connectivity index (χ1v) is 15.9. The number of benzene rings is 1. The zero-order valence-corrected chi connectivity index (χ0v) is 25.2. The summed E-state index contributed by atoms with van der Waals surface area (Å²) in [6.07, 6.45) is 1.59. The smallest absolute Gasteiger partial charge is 0.411 e. The van der Waals surface area contributed by atoms with E-state index in [1.165, 1.54) is 7.11 Å². The Balaban J connectivity index is 2.03. The number of carbonyl (C=O) groups is 2. The number of imidazole rings is 1. The fourth-order valence-corrected chi connectivity index (χ4v) is 5.67.